The van der Waals surface area contributed by atoms with Gasteiger partial charge in [0, 0.05) is 11.8 Å². The predicted octanol–water partition coefficient (Wildman–Crippen LogP) is 1.60. The molecule has 0 amide bonds. The third kappa shape index (κ3) is 2.89. The fraction of sp³-hybridized carbons (Fsp3) is 0. The molecule has 0 saturated carbocycles. The van der Waals surface area contributed by atoms with E-state index < -0.39 is 20.7 Å². The number of hydrogen-bond donors (Lipinski definition) is 4. The number of phenolic OH excluding ortho intramolecular Hbond substituents is 3. The number of rotatable bonds is 3. The summed E-state index contributed by atoms with van der Waals surface area (Å²) >= 11 is 0. The van der Waals surface area contributed by atoms with Crippen molar-refractivity contribution in [1.29, 1.82) is 0 Å². The summed E-state index contributed by atoms with van der Waals surface area (Å²) in [5.74, 6) is -0.740. The second kappa shape index (κ2) is 4.69. The summed E-state index contributed by atoms with van der Waals surface area (Å²) < 4.78 is 26.2. The lowest BCUT2D eigenvalue weighted by molar-refractivity contribution is 0.445. The van der Waals surface area contributed by atoms with E-state index in [1.165, 1.54) is 30.3 Å². The van der Waals surface area contributed by atoms with Gasteiger partial charge in [0.1, 0.15) is 22.1 Å². The van der Waals surface area contributed by atoms with Crippen LogP contribution in [0.2, 0.25) is 0 Å². The van der Waals surface area contributed by atoms with Crippen molar-refractivity contribution < 1.29 is 23.7 Å². The largest absolute Gasteiger partial charge is 0.508 e. The van der Waals surface area contributed by atoms with Gasteiger partial charge in [0.05, 0.1) is 0 Å². The van der Waals surface area contributed by atoms with Crippen LogP contribution in [0.1, 0.15) is 0 Å². The summed E-state index contributed by atoms with van der Waals surface area (Å²) in [4.78, 5) is -0.430. The highest BCUT2D eigenvalue weighted by Crippen LogP contribution is 2.28. The summed E-state index contributed by atoms with van der Waals surface area (Å²) in [6, 6.07) is 8.58. The molecule has 2 aromatic rings. The SMILES string of the molecule is O=S(=O)(Nc1ccc(O)cc1)c1cc(O)ccc1O. The number of aromatic hydroxyl groups is 3. The molecule has 0 spiro atoms. The van der Waals surface area contributed by atoms with Gasteiger partial charge in [0.2, 0.25) is 0 Å². The molecule has 7 heteroatoms. The number of nitrogens with one attached hydrogen (secondary N) is 1. The number of hydrogen-bond acceptors (Lipinski definition) is 5. The lowest BCUT2D eigenvalue weighted by Crippen LogP contribution is -2.12. The predicted molar refractivity (Wildman–Crippen MR) is 68.7 cm³/mol. The van der Waals surface area contributed by atoms with Gasteiger partial charge in [0.15, 0.2) is 0 Å². The van der Waals surface area contributed by atoms with Crippen molar-refractivity contribution in [3.05, 3.63) is 42.5 Å². The smallest absolute Gasteiger partial charge is 0.265 e. The fourth-order valence-corrected chi connectivity index (χ4v) is 2.63. The highest BCUT2D eigenvalue weighted by molar-refractivity contribution is 7.92. The molecule has 19 heavy (non-hydrogen) atoms. The van der Waals surface area contributed by atoms with Crippen molar-refractivity contribution in [3.63, 3.8) is 0 Å². The molecular formula is C12H11NO5S. The van der Waals surface area contributed by atoms with E-state index >= 15 is 0 Å². The molecule has 0 aliphatic rings. The highest BCUT2D eigenvalue weighted by Gasteiger charge is 2.19. The van der Waals surface area contributed by atoms with E-state index in [9.17, 15) is 18.6 Å². The molecular weight excluding hydrogens is 270 g/mol. The van der Waals surface area contributed by atoms with Gasteiger partial charge in [-0.05, 0) is 36.4 Å². The molecule has 0 atom stereocenters. The summed E-state index contributed by atoms with van der Waals surface area (Å²) in [6.45, 7) is 0. The molecule has 0 bridgehead atoms. The Hall–Kier alpha value is -2.41. The average Bonchev–Trinajstić information content (AvgIpc) is 2.35. The van der Waals surface area contributed by atoms with E-state index in [4.69, 9.17) is 5.11 Å². The molecule has 0 fully saturated rings. The molecule has 0 aliphatic heterocycles. The van der Waals surface area contributed by atoms with Crippen LogP contribution >= 0.6 is 0 Å². The zero-order chi connectivity index (χ0) is 14.0. The Morgan fingerprint density at radius 1 is 0.842 bits per heavy atom. The third-order valence-corrected chi connectivity index (χ3v) is 3.76. The van der Waals surface area contributed by atoms with E-state index in [0.29, 0.717) is 0 Å². The standard InChI is InChI=1S/C12H11NO5S/c14-9-3-1-8(2-4-9)13-19(17,18)12-7-10(15)5-6-11(12)16/h1-7,13-16H. The van der Waals surface area contributed by atoms with Crippen molar-refractivity contribution in [2.24, 2.45) is 0 Å². The summed E-state index contributed by atoms with van der Waals surface area (Å²) in [7, 11) is -4.02. The number of anilines is 1. The van der Waals surface area contributed by atoms with Crippen LogP contribution in [-0.4, -0.2) is 23.7 Å². The molecule has 0 aromatic heterocycles. The highest BCUT2D eigenvalue weighted by atomic mass is 32.2. The zero-order valence-corrected chi connectivity index (χ0v) is 10.4. The number of sulfonamides is 1. The minimum absolute atomic E-state index is 0.00292. The van der Waals surface area contributed by atoms with Crippen molar-refractivity contribution in [1.82, 2.24) is 0 Å². The molecule has 0 unspecified atom stereocenters. The van der Waals surface area contributed by atoms with Crippen molar-refractivity contribution in [2.75, 3.05) is 4.72 Å². The van der Waals surface area contributed by atoms with E-state index in [-0.39, 0.29) is 17.2 Å². The maximum absolute atomic E-state index is 12.0. The Morgan fingerprint density at radius 2 is 1.42 bits per heavy atom. The first-order valence-electron chi connectivity index (χ1n) is 5.22. The topological polar surface area (TPSA) is 107 Å². The Kier molecular flexibility index (Phi) is 3.22. The first-order chi connectivity index (χ1) is 8.88. The molecule has 2 aromatic carbocycles. The Bertz CT molecular complexity index is 695. The Labute approximate surface area is 109 Å². The second-order valence-electron chi connectivity index (χ2n) is 3.80. The normalized spacial score (nSPS) is 11.2. The van der Waals surface area contributed by atoms with Crippen LogP contribution in [0.15, 0.2) is 47.4 Å². The van der Waals surface area contributed by atoms with Crippen LogP contribution in [0.4, 0.5) is 5.69 Å². The van der Waals surface area contributed by atoms with Gasteiger partial charge < -0.3 is 15.3 Å². The molecule has 0 saturated heterocycles. The van der Waals surface area contributed by atoms with Gasteiger partial charge in [-0.15, -0.1) is 0 Å². The fourth-order valence-electron chi connectivity index (χ4n) is 1.46. The van der Waals surface area contributed by atoms with Crippen LogP contribution in [0.5, 0.6) is 17.2 Å². The Morgan fingerprint density at radius 3 is 2.05 bits per heavy atom. The van der Waals surface area contributed by atoms with Gasteiger partial charge in [-0.3, -0.25) is 4.72 Å². The van der Waals surface area contributed by atoms with Crippen LogP contribution in [0.3, 0.4) is 0 Å². The minimum atomic E-state index is -4.02. The van der Waals surface area contributed by atoms with Gasteiger partial charge in [-0.2, -0.15) is 0 Å². The monoisotopic (exact) mass is 281 g/mol. The molecule has 2 rings (SSSR count). The maximum atomic E-state index is 12.0. The van der Waals surface area contributed by atoms with E-state index in [1.807, 2.05) is 0 Å². The van der Waals surface area contributed by atoms with E-state index in [0.717, 1.165) is 12.1 Å². The molecule has 0 aliphatic carbocycles. The van der Waals surface area contributed by atoms with Gasteiger partial charge >= 0.3 is 0 Å². The molecule has 0 radical (unpaired) electrons. The van der Waals surface area contributed by atoms with Crippen LogP contribution in [-0.2, 0) is 10.0 Å². The second-order valence-corrected chi connectivity index (χ2v) is 5.46. The van der Waals surface area contributed by atoms with Gasteiger partial charge in [-0.25, -0.2) is 8.42 Å². The van der Waals surface area contributed by atoms with Crippen LogP contribution in [0.25, 0.3) is 0 Å². The first kappa shape index (κ1) is 13.0. The number of phenols is 3. The third-order valence-electron chi connectivity index (χ3n) is 2.35. The average molecular weight is 281 g/mol. The summed E-state index contributed by atoms with van der Waals surface area (Å²) in [6.07, 6.45) is 0. The Balaban J connectivity index is 2.37. The lowest BCUT2D eigenvalue weighted by atomic mass is 10.3. The quantitative estimate of drug-likeness (QED) is 0.639. The summed E-state index contributed by atoms with van der Waals surface area (Å²) in [5, 5.41) is 27.9. The molecule has 0 heterocycles. The van der Waals surface area contributed by atoms with Crippen molar-refractivity contribution in [3.8, 4) is 17.2 Å². The first-order valence-corrected chi connectivity index (χ1v) is 6.70. The summed E-state index contributed by atoms with van der Waals surface area (Å²) in [5.41, 5.74) is 0.223. The van der Waals surface area contributed by atoms with E-state index in [2.05, 4.69) is 4.72 Å². The lowest BCUT2D eigenvalue weighted by Gasteiger charge is -2.09. The van der Waals surface area contributed by atoms with Crippen molar-refractivity contribution in [2.45, 2.75) is 4.90 Å². The van der Waals surface area contributed by atoms with Gasteiger partial charge in [0.25, 0.3) is 10.0 Å². The molecule has 4 N–H and O–H groups in total. The van der Waals surface area contributed by atoms with Crippen LogP contribution in [0, 0.1) is 0 Å². The van der Waals surface area contributed by atoms with E-state index in [1.54, 1.807) is 0 Å². The zero-order valence-electron chi connectivity index (χ0n) is 9.61. The van der Waals surface area contributed by atoms with Crippen molar-refractivity contribution >= 4 is 15.7 Å². The molecule has 6 nitrogen and oxygen atoms in total. The molecule has 100 valence electrons. The van der Waals surface area contributed by atoms with Gasteiger partial charge in [-0.1, -0.05) is 0 Å². The number of benzene rings is 2. The maximum Gasteiger partial charge on any atom is 0.265 e. The minimum Gasteiger partial charge on any atom is -0.508 e. The van der Waals surface area contributed by atoms with Crippen LogP contribution < -0.4 is 4.72 Å².